The highest BCUT2D eigenvalue weighted by Gasteiger charge is 2.05. The van der Waals surface area contributed by atoms with Crippen molar-refractivity contribution in [2.45, 2.75) is 0 Å². The van der Waals surface area contributed by atoms with Gasteiger partial charge in [0.15, 0.2) is 0 Å². The largest absolute Gasteiger partial charge is 0.475 e. The van der Waals surface area contributed by atoms with Crippen LogP contribution in [0.3, 0.4) is 0 Å². The van der Waals surface area contributed by atoms with E-state index in [4.69, 9.17) is 5.11 Å². The Morgan fingerprint density at radius 3 is 2.78 bits per heavy atom. The number of aromatic nitrogens is 2. The predicted octanol–water partition coefficient (Wildman–Crippen LogP) is 0.219. The van der Waals surface area contributed by atoms with Gasteiger partial charge in [-0.25, -0.2) is 9.78 Å². The van der Waals surface area contributed by atoms with Crippen LogP contribution in [0.15, 0.2) is 12.4 Å². The lowest BCUT2D eigenvalue weighted by Gasteiger charge is -1.90. The zero-order valence-electron chi connectivity index (χ0n) is 4.48. The molecule has 0 aliphatic heterocycles. The first-order valence-electron chi connectivity index (χ1n) is 2.23. The minimum Gasteiger partial charge on any atom is -0.475 e. The van der Waals surface area contributed by atoms with Gasteiger partial charge >= 0.3 is 5.97 Å². The van der Waals surface area contributed by atoms with Crippen LogP contribution in [0.4, 0.5) is 0 Å². The third-order valence-electron chi connectivity index (χ3n) is 0.860. The Kier molecular flexibility index (Phi) is 1.49. The SMILES string of the molecule is O=C(O)c1nccn1P. The zero-order chi connectivity index (χ0) is 6.85. The standard InChI is InChI=1S/C4H5N2O2P/c7-4(8)3-5-1-2-6(3)9/h1-2H,9H2,(H,7,8). The van der Waals surface area contributed by atoms with Gasteiger partial charge in [-0.2, -0.15) is 0 Å². The van der Waals surface area contributed by atoms with Gasteiger partial charge in [0, 0.05) is 12.4 Å². The van der Waals surface area contributed by atoms with E-state index in [9.17, 15) is 4.79 Å². The lowest BCUT2D eigenvalue weighted by Crippen LogP contribution is -2.01. The quantitative estimate of drug-likeness (QED) is 0.573. The highest BCUT2D eigenvalue weighted by Crippen LogP contribution is 2.00. The summed E-state index contributed by atoms with van der Waals surface area (Å²) in [5.41, 5.74) is 0. The van der Waals surface area contributed by atoms with Gasteiger partial charge in [0.25, 0.3) is 0 Å². The van der Waals surface area contributed by atoms with E-state index >= 15 is 0 Å². The van der Waals surface area contributed by atoms with Gasteiger partial charge in [0.05, 0.1) is 0 Å². The van der Waals surface area contributed by atoms with E-state index in [1.165, 1.54) is 10.5 Å². The van der Waals surface area contributed by atoms with Crippen LogP contribution in [0.1, 0.15) is 10.6 Å². The van der Waals surface area contributed by atoms with E-state index in [0.717, 1.165) is 0 Å². The molecule has 0 saturated carbocycles. The average Bonchev–Trinajstić information content (AvgIpc) is 2.13. The molecule has 0 fully saturated rings. The maximum absolute atomic E-state index is 10.2. The first-order chi connectivity index (χ1) is 4.22. The zero-order valence-corrected chi connectivity index (χ0v) is 5.64. The molecule has 0 radical (unpaired) electrons. The molecule has 0 spiro atoms. The summed E-state index contributed by atoms with van der Waals surface area (Å²) in [5.74, 6) is -0.991. The Labute approximate surface area is 53.8 Å². The second-order valence-electron chi connectivity index (χ2n) is 1.46. The maximum Gasteiger partial charge on any atom is 0.372 e. The van der Waals surface area contributed by atoms with Crippen LogP contribution in [0.25, 0.3) is 0 Å². The van der Waals surface area contributed by atoms with Gasteiger partial charge in [-0.05, 0) is 9.39 Å². The summed E-state index contributed by atoms with van der Waals surface area (Å²) in [6.45, 7) is 0. The molecule has 1 rings (SSSR count). The summed E-state index contributed by atoms with van der Waals surface area (Å²) in [6, 6.07) is 0. The number of nitrogens with zero attached hydrogens (tertiary/aromatic N) is 2. The molecular weight excluding hydrogens is 139 g/mol. The maximum atomic E-state index is 10.2. The molecule has 0 aliphatic rings. The third-order valence-corrected chi connectivity index (χ3v) is 1.28. The minimum absolute atomic E-state index is 0.0278. The summed E-state index contributed by atoms with van der Waals surface area (Å²) in [6.07, 6.45) is 2.98. The van der Waals surface area contributed by atoms with Gasteiger partial charge in [-0.15, -0.1) is 0 Å². The molecule has 1 atom stereocenters. The Balaban J connectivity index is 3.08. The van der Waals surface area contributed by atoms with Crippen molar-refractivity contribution in [2.24, 2.45) is 0 Å². The molecule has 4 nitrogen and oxygen atoms in total. The molecule has 1 aromatic rings. The molecule has 0 saturated heterocycles. The molecule has 1 heterocycles. The molecule has 0 aromatic carbocycles. The van der Waals surface area contributed by atoms with E-state index in [-0.39, 0.29) is 5.82 Å². The van der Waals surface area contributed by atoms with E-state index in [0.29, 0.717) is 0 Å². The first-order valence-corrected chi connectivity index (χ1v) is 2.75. The van der Waals surface area contributed by atoms with Crippen molar-refractivity contribution in [3.63, 3.8) is 0 Å². The topological polar surface area (TPSA) is 55.1 Å². The fourth-order valence-electron chi connectivity index (χ4n) is 0.479. The number of hydrogen-bond acceptors (Lipinski definition) is 2. The summed E-state index contributed by atoms with van der Waals surface area (Å²) in [5, 5.41) is 8.36. The molecule has 0 amide bonds. The van der Waals surface area contributed by atoms with Crippen LogP contribution in [-0.2, 0) is 0 Å². The first kappa shape index (κ1) is 6.23. The molecule has 0 bridgehead atoms. The molecule has 48 valence electrons. The number of hydrogen-bond donors (Lipinski definition) is 1. The number of carboxylic acid groups (broad SMARTS) is 1. The Hall–Kier alpha value is -0.890. The van der Waals surface area contributed by atoms with Crippen molar-refractivity contribution in [2.75, 3.05) is 0 Å². The van der Waals surface area contributed by atoms with Gasteiger partial charge in [-0.1, -0.05) is 0 Å². The Bertz CT molecular complexity index is 232. The number of imidazole rings is 1. The van der Waals surface area contributed by atoms with Crippen molar-refractivity contribution in [3.8, 4) is 0 Å². The van der Waals surface area contributed by atoms with Crippen LogP contribution in [0.2, 0.25) is 0 Å². The summed E-state index contributed by atoms with van der Waals surface area (Å²) >= 11 is 0. The van der Waals surface area contributed by atoms with Gasteiger partial charge < -0.3 is 9.44 Å². The molecule has 1 unspecified atom stereocenters. The third kappa shape index (κ3) is 1.08. The average molecular weight is 144 g/mol. The van der Waals surface area contributed by atoms with Crippen molar-refractivity contribution < 1.29 is 9.90 Å². The second kappa shape index (κ2) is 2.15. The van der Waals surface area contributed by atoms with E-state index < -0.39 is 5.97 Å². The number of carbonyl (C=O) groups is 1. The summed E-state index contributed by atoms with van der Waals surface area (Å²) in [4.78, 5) is 13.7. The van der Waals surface area contributed by atoms with Gasteiger partial charge in [0.1, 0.15) is 0 Å². The second-order valence-corrected chi connectivity index (χ2v) is 2.02. The number of rotatable bonds is 1. The summed E-state index contributed by atoms with van der Waals surface area (Å²) in [7, 11) is 2.22. The van der Waals surface area contributed by atoms with E-state index in [2.05, 4.69) is 14.4 Å². The van der Waals surface area contributed by atoms with Crippen LogP contribution < -0.4 is 0 Å². The molecule has 0 aliphatic carbocycles. The summed E-state index contributed by atoms with van der Waals surface area (Å²) < 4.78 is 1.36. The van der Waals surface area contributed by atoms with Crippen LogP contribution in [-0.4, -0.2) is 20.4 Å². The fourth-order valence-corrected chi connectivity index (χ4v) is 0.733. The fraction of sp³-hybridized carbons (Fsp3) is 0. The predicted molar refractivity (Wildman–Crippen MR) is 34.3 cm³/mol. The smallest absolute Gasteiger partial charge is 0.372 e. The van der Waals surface area contributed by atoms with Crippen molar-refractivity contribution in [1.82, 2.24) is 9.32 Å². The van der Waals surface area contributed by atoms with E-state index in [1.807, 2.05) is 0 Å². The van der Waals surface area contributed by atoms with Crippen molar-refractivity contribution in [3.05, 3.63) is 18.2 Å². The van der Waals surface area contributed by atoms with Crippen molar-refractivity contribution >= 4 is 15.4 Å². The highest BCUT2D eigenvalue weighted by molar-refractivity contribution is 7.14. The number of aromatic carboxylic acids is 1. The van der Waals surface area contributed by atoms with Crippen molar-refractivity contribution in [1.29, 1.82) is 0 Å². The van der Waals surface area contributed by atoms with Gasteiger partial charge in [0.2, 0.25) is 5.82 Å². The molecule has 5 heteroatoms. The van der Waals surface area contributed by atoms with Gasteiger partial charge in [-0.3, -0.25) is 0 Å². The Morgan fingerprint density at radius 1 is 1.89 bits per heavy atom. The van der Waals surface area contributed by atoms with Crippen LogP contribution in [0, 0.1) is 0 Å². The number of carboxylic acids is 1. The van der Waals surface area contributed by atoms with Crippen LogP contribution >= 0.6 is 9.39 Å². The molecule has 1 N–H and O–H groups in total. The van der Waals surface area contributed by atoms with Crippen LogP contribution in [0.5, 0.6) is 0 Å². The van der Waals surface area contributed by atoms with E-state index in [1.54, 1.807) is 6.20 Å². The molecule has 1 aromatic heterocycles. The Morgan fingerprint density at radius 2 is 2.56 bits per heavy atom. The lowest BCUT2D eigenvalue weighted by molar-refractivity contribution is 0.0683. The molecular formula is C4H5N2O2P. The molecule has 9 heavy (non-hydrogen) atoms. The minimum atomic E-state index is -1.02. The monoisotopic (exact) mass is 144 g/mol. The normalized spacial score (nSPS) is 9.44. The lowest BCUT2D eigenvalue weighted by atomic mass is 10.6. The highest BCUT2D eigenvalue weighted by atomic mass is 31.0.